The van der Waals surface area contributed by atoms with Gasteiger partial charge in [-0.1, -0.05) is 59.6 Å². The van der Waals surface area contributed by atoms with Crippen LogP contribution in [0.15, 0.2) is 72.8 Å². The van der Waals surface area contributed by atoms with Gasteiger partial charge in [0.15, 0.2) is 0 Å². The van der Waals surface area contributed by atoms with Crippen molar-refractivity contribution in [3.63, 3.8) is 0 Å². The molecule has 0 atom stereocenters. The van der Waals surface area contributed by atoms with Crippen molar-refractivity contribution < 1.29 is 9.18 Å². The van der Waals surface area contributed by atoms with Gasteiger partial charge in [-0.15, -0.1) is 24.8 Å². The van der Waals surface area contributed by atoms with Crippen molar-refractivity contribution in [2.24, 2.45) is 0 Å². The summed E-state index contributed by atoms with van der Waals surface area (Å²) in [6, 6.07) is 21.6. The molecule has 0 spiro atoms. The molecule has 5 rings (SSSR count). The summed E-state index contributed by atoms with van der Waals surface area (Å²) in [6.07, 6.45) is 0.826. The normalized spacial score (nSPS) is 13.3. The largest absolute Gasteiger partial charge is 0.368 e. The van der Waals surface area contributed by atoms with Gasteiger partial charge < -0.3 is 10.2 Å². The number of hydrogen-bond acceptors (Lipinski definition) is 4. The number of carbonyl (C=O) groups is 1. The van der Waals surface area contributed by atoms with Crippen LogP contribution in [0.5, 0.6) is 0 Å². The first-order valence-electron chi connectivity index (χ1n) is 13.0. The van der Waals surface area contributed by atoms with Crippen LogP contribution >= 0.6 is 48.0 Å². The van der Waals surface area contributed by atoms with E-state index in [0.29, 0.717) is 33.8 Å². The number of piperazine rings is 1. The second-order valence-electron chi connectivity index (χ2n) is 9.56. The quantitative estimate of drug-likeness (QED) is 0.210. The molecule has 1 saturated heterocycles. The second kappa shape index (κ2) is 14.9. The molecule has 1 aromatic heterocycles. The molecular formula is C30H32Cl4FN5O. The van der Waals surface area contributed by atoms with Crippen LogP contribution < -0.4 is 10.2 Å². The SMILES string of the molecule is Cc1c(C(=O)NCCCN2CCN(c3cccc(Cl)c3Cl)CC2)nc(-c2ccccc2)n1-c1ccc(F)cc1.Cl.Cl. The first kappa shape index (κ1) is 32.7. The average molecular weight is 639 g/mol. The van der Waals surface area contributed by atoms with Crippen molar-refractivity contribution in [3.8, 4) is 17.1 Å². The number of aromatic nitrogens is 2. The molecule has 1 aliphatic heterocycles. The molecule has 0 saturated carbocycles. The monoisotopic (exact) mass is 637 g/mol. The summed E-state index contributed by atoms with van der Waals surface area (Å²) >= 11 is 12.6. The van der Waals surface area contributed by atoms with Gasteiger partial charge in [0.05, 0.1) is 21.4 Å². The highest BCUT2D eigenvalue weighted by Crippen LogP contribution is 2.33. The lowest BCUT2D eigenvalue weighted by atomic mass is 10.2. The zero-order valence-electron chi connectivity index (χ0n) is 22.5. The van der Waals surface area contributed by atoms with E-state index in [-0.39, 0.29) is 36.5 Å². The number of imidazole rings is 1. The molecule has 1 N–H and O–H groups in total. The van der Waals surface area contributed by atoms with Crippen LogP contribution in [0.25, 0.3) is 17.1 Å². The minimum Gasteiger partial charge on any atom is -0.368 e. The third kappa shape index (κ3) is 7.53. The Hall–Kier alpha value is -2.81. The van der Waals surface area contributed by atoms with Crippen molar-refractivity contribution in [3.05, 3.63) is 100 Å². The van der Waals surface area contributed by atoms with Crippen LogP contribution in [-0.4, -0.2) is 59.6 Å². The predicted molar refractivity (Wildman–Crippen MR) is 170 cm³/mol. The van der Waals surface area contributed by atoms with Gasteiger partial charge in [-0.3, -0.25) is 14.3 Å². The van der Waals surface area contributed by atoms with Crippen molar-refractivity contribution in [1.82, 2.24) is 19.8 Å². The summed E-state index contributed by atoms with van der Waals surface area (Å²) in [5.74, 6) is 0.110. The highest BCUT2D eigenvalue weighted by Gasteiger charge is 2.22. The topological polar surface area (TPSA) is 53.4 Å². The molecule has 1 aliphatic rings. The molecule has 0 bridgehead atoms. The van der Waals surface area contributed by atoms with Gasteiger partial charge in [0.1, 0.15) is 17.3 Å². The number of benzene rings is 3. The fraction of sp³-hybridized carbons (Fsp3) is 0.267. The first-order valence-corrected chi connectivity index (χ1v) is 13.8. The molecule has 1 fully saturated rings. The summed E-state index contributed by atoms with van der Waals surface area (Å²) in [7, 11) is 0. The van der Waals surface area contributed by atoms with Crippen molar-refractivity contribution in [1.29, 1.82) is 0 Å². The fourth-order valence-corrected chi connectivity index (χ4v) is 5.36. The minimum atomic E-state index is -0.314. The average Bonchev–Trinajstić information content (AvgIpc) is 3.31. The number of rotatable bonds is 8. The molecule has 0 radical (unpaired) electrons. The van der Waals surface area contributed by atoms with Gasteiger partial charge >= 0.3 is 0 Å². The van der Waals surface area contributed by atoms with Crippen molar-refractivity contribution in [2.75, 3.05) is 44.2 Å². The molecule has 11 heteroatoms. The lowest BCUT2D eigenvalue weighted by molar-refractivity contribution is 0.0946. The summed E-state index contributed by atoms with van der Waals surface area (Å²) in [5.41, 5.74) is 3.67. The van der Waals surface area contributed by atoms with Crippen LogP contribution in [0.4, 0.5) is 10.1 Å². The lowest BCUT2D eigenvalue weighted by Gasteiger charge is -2.36. The number of nitrogens with one attached hydrogen (secondary N) is 1. The molecule has 2 heterocycles. The van der Waals surface area contributed by atoms with Crippen LogP contribution in [0.3, 0.4) is 0 Å². The third-order valence-electron chi connectivity index (χ3n) is 7.02. The number of hydrogen-bond donors (Lipinski definition) is 1. The third-order valence-corrected chi connectivity index (χ3v) is 7.83. The van der Waals surface area contributed by atoms with Crippen LogP contribution in [-0.2, 0) is 0 Å². The highest BCUT2D eigenvalue weighted by atomic mass is 35.5. The van der Waals surface area contributed by atoms with E-state index in [1.54, 1.807) is 18.2 Å². The molecule has 4 aromatic rings. The smallest absolute Gasteiger partial charge is 0.271 e. The molecule has 0 unspecified atom stereocenters. The van der Waals surface area contributed by atoms with E-state index < -0.39 is 0 Å². The Morgan fingerprint density at radius 3 is 2.29 bits per heavy atom. The first-order chi connectivity index (χ1) is 18.9. The van der Waals surface area contributed by atoms with Crippen LogP contribution in [0.1, 0.15) is 22.6 Å². The number of nitrogens with zero attached hydrogens (tertiary/aromatic N) is 4. The molecule has 218 valence electrons. The summed E-state index contributed by atoms with van der Waals surface area (Å²) in [6.45, 7) is 6.86. The second-order valence-corrected chi connectivity index (χ2v) is 10.3. The molecular weight excluding hydrogens is 607 g/mol. The zero-order valence-corrected chi connectivity index (χ0v) is 25.7. The number of amides is 1. The Labute approximate surface area is 262 Å². The molecule has 41 heavy (non-hydrogen) atoms. The van der Waals surface area contributed by atoms with Gasteiger partial charge in [0.25, 0.3) is 5.91 Å². The Kier molecular flexibility index (Phi) is 11.9. The summed E-state index contributed by atoms with van der Waals surface area (Å²) in [5, 5.41) is 4.21. The number of carbonyl (C=O) groups excluding carboxylic acids is 1. The van der Waals surface area contributed by atoms with Crippen molar-refractivity contribution >= 4 is 59.6 Å². The predicted octanol–water partition coefficient (Wildman–Crippen LogP) is 7.08. The standard InChI is InChI=1S/C30H30Cl2FN5O.2ClH/c1-21-28(35-29(22-7-3-2-4-8-22)38(21)24-13-11-23(33)12-14-24)30(39)34-15-6-16-36-17-19-37(20-18-36)26-10-5-9-25(31)27(26)32;;/h2-5,7-14H,6,15-20H2,1H3,(H,34,39);2*1H. The van der Waals surface area contributed by atoms with Gasteiger partial charge in [-0.05, 0) is 56.3 Å². The van der Waals surface area contributed by atoms with E-state index in [1.165, 1.54) is 12.1 Å². The molecule has 6 nitrogen and oxygen atoms in total. The molecule has 0 aliphatic carbocycles. The van der Waals surface area contributed by atoms with E-state index in [1.807, 2.05) is 54.0 Å². The molecule has 3 aromatic carbocycles. The maximum Gasteiger partial charge on any atom is 0.271 e. The number of halogens is 5. The van der Waals surface area contributed by atoms with E-state index in [9.17, 15) is 9.18 Å². The number of anilines is 1. The van der Waals surface area contributed by atoms with E-state index in [4.69, 9.17) is 28.2 Å². The maximum absolute atomic E-state index is 13.6. The van der Waals surface area contributed by atoms with E-state index >= 15 is 0 Å². The van der Waals surface area contributed by atoms with Gasteiger partial charge in [0, 0.05) is 44.0 Å². The highest BCUT2D eigenvalue weighted by molar-refractivity contribution is 6.43. The van der Waals surface area contributed by atoms with Gasteiger partial charge in [-0.25, -0.2) is 9.37 Å². The fourth-order valence-electron chi connectivity index (χ4n) is 4.94. The Bertz CT molecular complexity index is 1440. The van der Waals surface area contributed by atoms with Crippen LogP contribution in [0, 0.1) is 12.7 Å². The van der Waals surface area contributed by atoms with Gasteiger partial charge in [0.2, 0.25) is 0 Å². The summed E-state index contributed by atoms with van der Waals surface area (Å²) < 4.78 is 15.5. The maximum atomic E-state index is 13.6. The van der Waals surface area contributed by atoms with Crippen molar-refractivity contribution in [2.45, 2.75) is 13.3 Å². The zero-order chi connectivity index (χ0) is 27.4. The summed E-state index contributed by atoms with van der Waals surface area (Å²) in [4.78, 5) is 22.5. The molecule has 1 amide bonds. The Balaban J connectivity index is 0.00000231. The van der Waals surface area contributed by atoms with Gasteiger partial charge in [-0.2, -0.15) is 0 Å². The Morgan fingerprint density at radius 1 is 0.927 bits per heavy atom. The lowest BCUT2D eigenvalue weighted by Crippen LogP contribution is -2.47. The minimum absolute atomic E-state index is 0. The van der Waals surface area contributed by atoms with Crippen LogP contribution in [0.2, 0.25) is 10.0 Å². The van der Waals surface area contributed by atoms with E-state index in [2.05, 4.69) is 15.1 Å². The van der Waals surface area contributed by atoms with E-state index in [0.717, 1.165) is 56.1 Å². The Morgan fingerprint density at radius 2 is 1.61 bits per heavy atom.